The third-order valence-electron chi connectivity index (χ3n) is 6.64. The van der Waals surface area contributed by atoms with E-state index in [-0.39, 0.29) is 12.2 Å². The van der Waals surface area contributed by atoms with Gasteiger partial charge in [0, 0.05) is 22.8 Å². The lowest BCUT2D eigenvalue weighted by Crippen LogP contribution is -2.50. The van der Waals surface area contributed by atoms with Gasteiger partial charge in [-0.25, -0.2) is 0 Å². The van der Waals surface area contributed by atoms with Gasteiger partial charge in [-0.15, -0.1) is 0 Å². The number of nitrogens with one attached hydrogen (secondary N) is 1. The number of ether oxygens (including phenoxy) is 3. The van der Waals surface area contributed by atoms with E-state index in [0.29, 0.717) is 18.2 Å². The molecule has 4 aromatic carbocycles. The van der Waals surface area contributed by atoms with Gasteiger partial charge in [0.15, 0.2) is 0 Å². The molecule has 0 saturated heterocycles. The van der Waals surface area contributed by atoms with Crippen LogP contribution in [0, 0.1) is 0 Å². The number of halogens is 1. The van der Waals surface area contributed by atoms with Crippen LogP contribution in [0.15, 0.2) is 103 Å². The van der Waals surface area contributed by atoms with Crippen molar-refractivity contribution in [2.75, 3.05) is 5.32 Å². The summed E-state index contributed by atoms with van der Waals surface area (Å²) in [5.74, 6) is 0.811. The van der Waals surface area contributed by atoms with E-state index in [1.54, 1.807) is 0 Å². The Morgan fingerprint density at radius 1 is 0.784 bits per heavy atom. The van der Waals surface area contributed by atoms with Crippen molar-refractivity contribution in [3.63, 3.8) is 0 Å². The summed E-state index contributed by atoms with van der Waals surface area (Å²) in [6.07, 6.45) is -0.690. The van der Waals surface area contributed by atoms with Gasteiger partial charge < -0.3 is 19.5 Å². The minimum absolute atomic E-state index is 0.333. The first-order valence-corrected chi connectivity index (χ1v) is 13.0. The van der Waals surface area contributed by atoms with Crippen molar-refractivity contribution >= 4 is 17.3 Å². The minimum Gasteiger partial charge on any atom is -0.485 e. The maximum atomic E-state index is 6.61. The predicted molar refractivity (Wildman–Crippen MR) is 149 cm³/mol. The van der Waals surface area contributed by atoms with Crippen molar-refractivity contribution in [1.29, 1.82) is 0 Å². The van der Waals surface area contributed by atoms with Gasteiger partial charge in [-0.2, -0.15) is 0 Å². The molecule has 5 rings (SSSR count). The van der Waals surface area contributed by atoms with Crippen LogP contribution in [0.4, 0.5) is 5.69 Å². The highest BCUT2D eigenvalue weighted by atomic mass is 35.5. The molecule has 4 nitrogen and oxygen atoms in total. The molecule has 0 fully saturated rings. The fraction of sp³-hybridized carbons (Fsp3) is 0.250. The van der Waals surface area contributed by atoms with Gasteiger partial charge in [0.2, 0.25) is 0 Å². The normalized spacial score (nSPS) is 18.0. The predicted octanol–water partition coefficient (Wildman–Crippen LogP) is 7.97. The molecule has 1 N–H and O–H groups in total. The van der Waals surface area contributed by atoms with Gasteiger partial charge in [-0.3, -0.25) is 0 Å². The van der Waals surface area contributed by atoms with Crippen molar-refractivity contribution in [2.24, 2.45) is 0 Å². The molecule has 1 heterocycles. The first-order valence-electron chi connectivity index (χ1n) is 12.6. The van der Waals surface area contributed by atoms with E-state index < -0.39 is 5.60 Å². The molecule has 0 spiro atoms. The lowest BCUT2D eigenvalue weighted by atomic mass is 9.87. The van der Waals surface area contributed by atoms with Crippen LogP contribution in [-0.4, -0.2) is 11.7 Å². The van der Waals surface area contributed by atoms with E-state index >= 15 is 0 Å². The molecule has 0 radical (unpaired) electrons. The Balaban J connectivity index is 1.43. The molecule has 1 aliphatic rings. The number of rotatable bonds is 9. The van der Waals surface area contributed by atoms with Crippen molar-refractivity contribution in [1.82, 2.24) is 0 Å². The summed E-state index contributed by atoms with van der Waals surface area (Å²) in [6, 6.07) is 34.5. The summed E-state index contributed by atoms with van der Waals surface area (Å²) in [7, 11) is 0. The largest absolute Gasteiger partial charge is 0.485 e. The van der Waals surface area contributed by atoms with Gasteiger partial charge in [0.1, 0.15) is 23.6 Å². The smallest absolute Gasteiger partial charge is 0.132 e. The molecule has 0 aliphatic carbocycles. The maximum Gasteiger partial charge on any atom is 0.132 e. The van der Waals surface area contributed by atoms with Crippen LogP contribution in [0.25, 0.3) is 0 Å². The van der Waals surface area contributed by atoms with Crippen molar-refractivity contribution in [2.45, 2.75) is 51.4 Å². The molecule has 0 amide bonds. The molecule has 1 aliphatic heterocycles. The van der Waals surface area contributed by atoms with Crippen molar-refractivity contribution in [3.8, 4) is 5.75 Å². The Morgan fingerprint density at radius 2 is 1.46 bits per heavy atom. The van der Waals surface area contributed by atoms with Crippen LogP contribution >= 0.6 is 11.6 Å². The lowest BCUT2D eigenvalue weighted by Gasteiger charge is -2.44. The van der Waals surface area contributed by atoms with E-state index in [1.807, 2.05) is 80.6 Å². The zero-order valence-electron chi connectivity index (χ0n) is 21.2. The second-order valence-corrected chi connectivity index (χ2v) is 10.2. The molecule has 5 heteroatoms. The summed E-state index contributed by atoms with van der Waals surface area (Å²) >= 11 is 6.43. The van der Waals surface area contributed by atoms with Gasteiger partial charge >= 0.3 is 0 Å². The van der Waals surface area contributed by atoms with E-state index in [9.17, 15) is 0 Å². The second kappa shape index (κ2) is 11.4. The SMILES string of the molecule is CC1(C)Oc2ccc(NCc3ccccc3)cc2C(OCc2ccccc2)C1OCc1ccccc1Cl. The minimum atomic E-state index is -0.616. The first-order chi connectivity index (χ1) is 18.0. The zero-order valence-corrected chi connectivity index (χ0v) is 21.9. The summed E-state index contributed by atoms with van der Waals surface area (Å²) in [4.78, 5) is 0. The quantitative estimate of drug-likeness (QED) is 0.246. The van der Waals surface area contributed by atoms with Gasteiger partial charge in [-0.05, 0) is 54.8 Å². The van der Waals surface area contributed by atoms with Crippen molar-refractivity contribution < 1.29 is 14.2 Å². The van der Waals surface area contributed by atoms with Gasteiger partial charge in [-0.1, -0.05) is 90.5 Å². The molecule has 2 unspecified atom stereocenters. The number of fused-ring (bicyclic) bond motifs is 1. The fourth-order valence-electron chi connectivity index (χ4n) is 4.66. The Labute approximate surface area is 224 Å². The third-order valence-corrected chi connectivity index (χ3v) is 7.01. The third kappa shape index (κ3) is 6.16. The fourth-order valence-corrected chi connectivity index (χ4v) is 4.85. The van der Waals surface area contributed by atoms with Crippen molar-refractivity contribution in [3.05, 3.63) is 130 Å². The molecule has 37 heavy (non-hydrogen) atoms. The molecule has 4 aromatic rings. The molecule has 0 bridgehead atoms. The van der Waals surface area contributed by atoms with Crippen LogP contribution < -0.4 is 10.1 Å². The molecule has 190 valence electrons. The van der Waals surface area contributed by atoms with E-state index in [1.165, 1.54) is 5.56 Å². The summed E-state index contributed by atoms with van der Waals surface area (Å²) < 4.78 is 19.6. The molecular weight excluding hydrogens is 482 g/mol. The second-order valence-electron chi connectivity index (χ2n) is 9.84. The highest BCUT2D eigenvalue weighted by Crippen LogP contribution is 2.45. The average Bonchev–Trinajstić information content (AvgIpc) is 2.91. The topological polar surface area (TPSA) is 39.7 Å². The van der Waals surface area contributed by atoms with Crippen LogP contribution in [0.1, 0.15) is 42.2 Å². The standard InChI is InChI=1S/C32H32ClNO3/c1-32(2)31(36-22-25-15-9-10-16-28(25)33)30(35-21-24-13-7-4-8-14-24)27-19-26(17-18-29(27)37-32)34-20-23-11-5-3-6-12-23/h3-19,30-31,34H,20-22H2,1-2H3. The molecular formula is C32H32ClNO3. The van der Waals surface area contributed by atoms with E-state index in [4.69, 9.17) is 25.8 Å². The summed E-state index contributed by atoms with van der Waals surface area (Å²) in [6.45, 7) is 5.66. The number of hydrogen-bond acceptors (Lipinski definition) is 4. The Hall–Kier alpha value is -3.31. The summed E-state index contributed by atoms with van der Waals surface area (Å²) in [5, 5.41) is 4.22. The number of anilines is 1. The van der Waals surface area contributed by atoms with E-state index in [2.05, 4.69) is 41.7 Å². The molecule has 0 saturated carbocycles. The van der Waals surface area contributed by atoms with Gasteiger partial charge in [0.05, 0.1) is 13.2 Å². The highest BCUT2D eigenvalue weighted by Gasteiger charge is 2.45. The van der Waals surface area contributed by atoms with Gasteiger partial charge in [0.25, 0.3) is 0 Å². The van der Waals surface area contributed by atoms with Crippen LogP contribution in [0.5, 0.6) is 5.75 Å². The monoisotopic (exact) mass is 513 g/mol. The van der Waals surface area contributed by atoms with E-state index in [0.717, 1.165) is 34.7 Å². The summed E-state index contributed by atoms with van der Waals surface area (Å²) in [5.41, 5.74) is 4.62. The maximum absolute atomic E-state index is 6.61. The Morgan fingerprint density at radius 3 is 2.19 bits per heavy atom. The zero-order chi connectivity index (χ0) is 25.7. The highest BCUT2D eigenvalue weighted by molar-refractivity contribution is 6.31. The molecule has 2 atom stereocenters. The van der Waals surface area contributed by atoms with Crippen LogP contribution in [0.2, 0.25) is 5.02 Å². The average molecular weight is 514 g/mol. The Bertz CT molecular complexity index is 1310. The number of benzene rings is 4. The Kier molecular flexibility index (Phi) is 7.80. The lowest BCUT2D eigenvalue weighted by molar-refractivity contribution is -0.170. The first kappa shape index (κ1) is 25.3. The van der Waals surface area contributed by atoms with Crippen LogP contribution in [0.3, 0.4) is 0 Å². The number of hydrogen-bond donors (Lipinski definition) is 1. The van der Waals surface area contributed by atoms with Crippen LogP contribution in [-0.2, 0) is 29.2 Å². The molecule has 0 aromatic heterocycles.